The van der Waals surface area contributed by atoms with Crippen molar-refractivity contribution in [1.82, 2.24) is 4.90 Å². The number of anilines is 1. The average Bonchev–Trinajstić information content (AvgIpc) is 2.68. The first kappa shape index (κ1) is 20.3. The molecule has 0 aromatic heterocycles. The third-order valence-corrected chi connectivity index (χ3v) is 3.98. The van der Waals surface area contributed by atoms with E-state index in [0.717, 1.165) is 5.56 Å². The van der Waals surface area contributed by atoms with E-state index in [2.05, 4.69) is 5.32 Å². The molecule has 2 aromatic carbocycles. The summed E-state index contributed by atoms with van der Waals surface area (Å²) in [5.41, 5.74) is 1.47. The van der Waals surface area contributed by atoms with Gasteiger partial charge in [0, 0.05) is 6.54 Å². The zero-order chi connectivity index (χ0) is 19.6. The van der Waals surface area contributed by atoms with Gasteiger partial charge in [-0.25, -0.2) is 9.59 Å². The van der Waals surface area contributed by atoms with Crippen LogP contribution >= 0.6 is 0 Å². The lowest BCUT2D eigenvalue weighted by atomic mass is 10.2. The van der Waals surface area contributed by atoms with Gasteiger partial charge in [-0.05, 0) is 38.5 Å². The van der Waals surface area contributed by atoms with Gasteiger partial charge < -0.3 is 19.7 Å². The smallest absolute Gasteiger partial charge is 0.328 e. The van der Waals surface area contributed by atoms with E-state index in [-0.39, 0.29) is 13.2 Å². The van der Waals surface area contributed by atoms with E-state index in [1.54, 1.807) is 26.0 Å². The molecular weight excluding hydrogens is 344 g/mol. The Morgan fingerprint density at radius 1 is 1.00 bits per heavy atom. The summed E-state index contributed by atoms with van der Waals surface area (Å²) >= 11 is 0. The fourth-order valence-corrected chi connectivity index (χ4v) is 2.59. The average molecular weight is 370 g/mol. The normalized spacial score (nSPS) is 11.4. The van der Waals surface area contributed by atoms with Crippen LogP contribution in [0.1, 0.15) is 26.3 Å². The van der Waals surface area contributed by atoms with Crippen LogP contribution in [0, 0.1) is 0 Å². The van der Waals surface area contributed by atoms with Gasteiger partial charge in [-0.1, -0.05) is 42.5 Å². The molecule has 27 heavy (non-hydrogen) atoms. The second-order valence-corrected chi connectivity index (χ2v) is 5.90. The minimum Gasteiger partial charge on any atom is -0.492 e. The highest BCUT2D eigenvalue weighted by Gasteiger charge is 2.27. The van der Waals surface area contributed by atoms with Gasteiger partial charge in [-0.2, -0.15) is 0 Å². The summed E-state index contributed by atoms with van der Waals surface area (Å²) in [6.07, 6.45) is 0. The quantitative estimate of drug-likeness (QED) is 0.711. The number of ether oxygens (including phenoxy) is 2. The Morgan fingerprint density at radius 2 is 1.67 bits per heavy atom. The molecule has 0 bridgehead atoms. The molecule has 144 valence electrons. The number of para-hydroxylation sites is 2. The summed E-state index contributed by atoms with van der Waals surface area (Å²) < 4.78 is 10.7. The van der Waals surface area contributed by atoms with E-state index >= 15 is 0 Å². The van der Waals surface area contributed by atoms with Gasteiger partial charge >= 0.3 is 12.0 Å². The number of urea groups is 1. The first-order valence-electron chi connectivity index (χ1n) is 9.06. The topological polar surface area (TPSA) is 67.9 Å². The van der Waals surface area contributed by atoms with Crippen molar-refractivity contribution in [2.24, 2.45) is 0 Å². The Labute approximate surface area is 160 Å². The lowest BCUT2D eigenvalue weighted by molar-refractivity contribution is -0.147. The maximum atomic E-state index is 13.0. The number of nitrogens with zero attached hydrogens (tertiary/aromatic N) is 1. The molecule has 0 fully saturated rings. The molecular formula is C21H26N2O4. The maximum absolute atomic E-state index is 13.0. The Hall–Kier alpha value is -3.02. The molecule has 0 aliphatic carbocycles. The van der Waals surface area contributed by atoms with Crippen molar-refractivity contribution in [3.8, 4) is 5.75 Å². The van der Waals surface area contributed by atoms with Gasteiger partial charge in [0.2, 0.25) is 0 Å². The highest BCUT2D eigenvalue weighted by Crippen LogP contribution is 2.24. The van der Waals surface area contributed by atoms with Crippen LogP contribution in [-0.2, 0) is 16.1 Å². The number of carbonyl (C=O) groups excluding carboxylic acids is 2. The number of carbonyl (C=O) groups is 2. The summed E-state index contributed by atoms with van der Waals surface area (Å²) in [6.45, 7) is 6.31. The van der Waals surface area contributed by atoms with E-state index in [1.807, 2.05) is 49.4 Å². The minimum absolute atomic E-state index is 0.261. The Bertz CT molecular complexity index is 749. The Morgan fingerprint density at radius 3 is 2.33 bits per heavy atom. The molecule has 1 atom stereocenters. The van der Waals surface area contributed by atoms with Gasteiger partial charge in [0.1, 0.15) is 11.8 Å². The van der Waals surface area contributed by atoms with Crippen molar-refractivity contribution in [2.45, 2.75) is 33.4 Å². The number of benzene rings is 2. The van der Waals surface area contributed by atoms with Crippen molar-refractivity contribution < 1.29 is 19.1 Å². The fourth-order valence-electron chi connectivity index (χ4n) is 2.59. The monoisotopic (exact) mass is 370 g/mol. The lowest BCUT2D eigenvalue weighted by Crippen LogP contribution is -2.45. The van der Waals surface area contributed by atoms with Crippen molar-refractivity contribution in [1.29, 1.82) is 0 Å². The van der Waals surface area contributed by atoms with Crippen LogP contribution in [0.2, 0.25) is 0 Å². The molecule has 0 heterocycles. The van der Waals surface area contributed by atoms with Crippen LogP contribution in [0.4, 0.5) is 10.5 Å². The summed E-state index contributed by atoms with van der Waals surface area (Å²) in [5.74, 6) is 0.137. The summed E-state index contributed by atoms with van der Waals surface area (Å²) in [4.78, 5) is 26.7. The van der Waals surface area contributed by atoms with E-state index in [4.69, 9.17) is 9.47 Å². The molecule has 1 unspecified atom stereocenters. The third-order valence-electron chi connectivity index (χ3n) is 3.98. The van der Waals surface area contributed by atoms with E-state index < -0.39 is 18.0 Å². The largest absolute Gasteiger partial charge is 0.492 e. The van der Waals surface area contributed by atoms with Crippen molar-refractivity contribution in [3.63, 3.8) is 0 Å². The lowest BCUT2D eigenvalue weighted by Gasteiger charge is -2.28. The van der Waals surface area contributed by atoms with Crippen LogP contribution < -0.4 is 10.1 Å². The number of amides is 2. The Balaban J connectivity index is 2.23. The van der Waals surface area contributed by atoms with E-state index in [1.165, 1.54) is 4.90 Å². The summed E-state index contributed by atoms with van der Waals surface area (Å²) in [5, 5.41) is 2.85. The molecule has 0 saturated heterocycles. The molecule has 2 aromatic rings. The molecule has 0 radical (unpaired) electrons. The number of hydrogen-bond acceptors (Lipinski definition) is 4. The minimum atomic E-state index is -0.732. The van der Waals surface area contributed by atoms with Gasteiger partial charge in [0.25, 0.3) is 0 Å². The van der Waals surface area contributed by atoms with Crippen molar-refractivity contribution in [2.75, 3.05) is 18.5 Å². The van der Waals surface area contributed by atoms with Crippen molar-refractivity contribution >= 4 is 17.7 Å². The maximum Gasteiger partial charge on any atom is 0.328 e. The molecule has 6 heteroatoms. The summed E-state index contributed by atoms with van der Waals surface area (Å²) in [6, 6.07) is 15.6. The highest BCUT2D eigenvalue weighted by atomic mass is 16.5. The number of rotatable bonds is 8. The standard InChI is InChI=1S/C21H26N2O4/c1-4-26-19-14-10-9-13-18(19)22-21(25)23(16(3)20(24)27-5-2)15-17-11-7-6-8-12-17/h6-14,16H,4-5,15H2,1-3H3,(H,22,25). The van der Waals surface area contributed by atoms with Crippen LogP contribution in [0.3, 0.4) is 0 Å². The molecule has 2 amide bonds. The molecule has 0 aliphatic rings. The van der Waals surface area contributed by atoms with Crippen molar-refractivity contribution in [3.05, 3.63) is 60.2 Å². The van der Waals surface area contributed by atoms with Gasteiger partial charge in [0.05, 0.1) is 18.9 Å². The second-order valence-electron chi connectivity index (χ2n) is 5.90. The third kappa shape index (κ3) is 5.74. The zero-order valence-corrected chi connectivity index (χ0v) is 16.0. The molecule has 0 aliphatic heterocycles. The first-order valence-corrected chi connectivity index (χ1v) is 9.06. The van der Waals surface area contributed by atoms with Gasteiger partial charge in [0.15, 0.2) is 0 Å². The molecule has 0 spiro atoms. The fraction of sp³-hybridized carbons (Fsp3) is 0.333. The number of hydrogen-bond donors (Lipinski definition) is 1. The predicted octanol–water partition coefficient (Wildman–Crippen LogP) is 4.07. The number of nitrogens with one attached hydrogen (secondary N) is 1. The molecule has 2 rings (SSSR count). The predicted molar refractivity (Wildman–Crippen MR) is 105 cm³/mol. The summed E-state index contributed by atoms with van der Waals surface area (Å²) in [7, 11) is 0. The second kappa shape index (κ2) is 10.2. The van der Waals surface area contributed by atoms with Crippen LogP contribution in [0.15, 0.2) is 54.6 Å². The van der Waals surface area contributed by atoms with Crippen LogP contribution in [0.25, 0.3) is 0 Å². The van der Waals surface area contributed by atoms with E-state index in [0.29, 0.717) is 18.0 Å². The first-order chi connectivity index (χ1) is 13.1. The van der Waals surface area contributed by atoms with Crippen LogP contribution in [0.5, 0.6) is 5.75 Å². The molecule has 1 N–H and O–H groups in total. The molecule has 0 saturated carbocycles. The highest BCUT2D eigenvalue weighted by molar-refractivity contribution is 5.93. The zero-order valence-electron chi connectivity index (χ0n) is 16.0. The SMILES string of the molecule is CCOC(=O)C(C)N(Cc1ccccc1)C(=O)Nc1ccccc1OCC. The van der Waals surface area contributed by atoms with E-state index in [9.17, 15) is 9.59 Å². The van der Waals surface area contributed by atoms with Crippen LogP contribution in [-0.4, -0.2) is 36.2 Å². The van der Waals surface area contributed by atoms with Gasteiger partial charge in [-0.15, -0.1) is 0 Å². The Kier molecular flexibility index (Phi) is 7.67. The molecule has 6 nitrogen and oxygen atoms in total. The number of esters is 1. The van der Waals surface area contributed by atoms with Gasteiger partial charge in [-0.3, -0.25) is 0 Å².